The molecule has 0 aliphatic rings. The van der Waals surface area contributed by atoms with E-state index in [0.29, 0.717) is 32.2 Å². The van der Waals surface area contributed by atoms with Crippen LogP contribution in [0.2, 0.25) is 0 Å². The molecule has 0 aliphatic carbocycles. The van der Waals surface area contributed by atoms with E-state index in [4.69, 9.17) is 0 Å². The second-order valence-corrected chi connectivity index (χ2v) is 9.31. The van der Waals surface area contributed by atoms with Gasteiger partial charge in [-0.05, 0) is 62.2 Å². The van der Waals surface area contributed by atoms with Crippen LogP contribution >= 0.6 is 23.1 Å². The first-order chi connectivity index (χ1) is 14.8. The van der Waals surface area contributed by atoms with Crippen molar-refractivity contribution in [2.75, 3.05) is 5.32 Å². The SMILES string of the molecule is Cc1ccc(NC(=O)c2sc3nc(CSc4ccc(F)cc4)[nH]c(=O)c3c2C)c(C)c1. The smallest absolute Gasteiger partial charge is 0.266 e. The Morgan fingerprint density at radius 1 is 1.16 bits per heavy atom. The van der Waals surface area contributed by atoms with Crippen molar-refractivity contribution in [3.8, 4) is 0 Å². The van der Waals surface area contributed by atoms with Crippen LogP contribution in [0.4, 0.5) is 10.1 Å². The minimum absolute atomic E-state index is 0.255. The molecule has 1 amide bonds. The fraction of sp³-hybridized carbons (Fsp3) is 0.174. The number of benzene rings is 2. The van der Waals surface area contributed by atoms with Gasteiger partial charge in [-0.1, -0.05) is 17.7 Å². The van der Waals surface area contributed by atoms with E-state index >= 15 is 0 Å². The molecule has 2 aromatic carbocycles. The van der Waals surface area contributed by atoms with Crippen LogP contribution in [0.5, 0.6) is 0 Å². The van der Waals surface area contributed by atoms with Crippen LogP contribution in [-0.4, -0.2) is 15.9 Å². The summed E-state index contributed by atoms with van der Waals surface area (Å²) in [5, 5.41) is 3.37. The van der Waals surface area contributed by atoms with E-state index in [0.717, 1.165) is 21.7 Å². The van der Waals surface area contributed by atoms with E-state index in [-0.39, 0.29) is 17.3 Å². The summed E-state index contributed by atoms with van der Waals surface area (Å²) in [6, 6.07) is 12.0. The second kappa shape index (κ2) is 8.64. The average Bonchev–Trinajstić information content (AvgIpc) is 3.06. The summed E-state index contributed by atoms with van der Waals surface area (Å²) >= 11 is 2.66. The molecule has 4 aromatic rings. The maximum absolute atomic E-state index is 13.1. The number of anilines is 1. The van der Waals surface area contributed by atoms with E-state index in [1.165, 1.54) is 35.2 Å². The Bertz CT molecular complexity index is 1340. The van der Waals surface area contributed by atoms with Gasteiger partial charge in [-0.15, -0.1) is 23.1 Å². The molecule has 2 aromatic heterocycles. The lowest BCUT2D eigenvalue weighted by molar-refractivity contribution is 0.103. The number of aromatic amines is 1. The molecule has 31 heavy (non-hydrogen) atoms. The number of H-pyrrole nitrogens is 1. The first kappa shape index (κ1) is 21.3. The van der Waals surface area contributed by atoms with Gasteiger partial charge in [0, 0.05) is 10.6 Å². The minimum Gasteiger partial charge on any atom is -0.321 e. The number of aryl methyl sites for hydroxylation is 3. The summed E-state index contributed by atoms with van der Waals surface area (Å²) in [6.07, 6.45) is 0. The summed E-state index contributed by atoms with van der Waals surface area (Å²) in [5.41, 5.74) is 3.19. The van der Waals surface area contributed by atoms with Gasteiger partial charge in [0.25, 0.3) is 11.5 Å². The third-order valence-electron chi connectivity index (χ3n) is 4.88. The Kier molecular flexibility index (Phi) is 5.93. The molecule has 0 atom stereocenters. The van der Waals surface area contributed by atoms with E-state index in [9.17, 15) is 14.0 Å². The Balaban J connectivity index is 1.60. The van der Waals surface area contributed by atoms with Crippen molar-refractivity contribution < 1.29 is 9.18 Å². The van der Waals surface area contributed by atoms with Gasteiger partial charge in [0.1, 0.15) is 16.5 Å². The number of amides is 1. The summed E-state index contributed by atoms with van der Waals surface area (Å²) in [6.45, 7) is 5.70. The normalized spacial score (nSPS) is 11.1. The highest BCUT2D eigenvalue weighted by atomic mass is 32.2. The Morgan fingerprint density at radius 3 is 2.61 bits per heavy atom. The zero-order chi connectivity index (χ0) is 22.1. The van der Waals surface area contributed by atoms with E-state index in [2.05, 4.69) is 15.3 Å². The van der Waals surface area contributed by atoms with Crippen molar-refractivity contribution in [2.45, 2.75) is 31.4 Å². The molecule has 2 heterocycles. The number of aromatic nitrogens is 2. The summed E-state index contributed by atoms with van der Waals surface area (Å²) in [4.78, 5) is 34.8. The highest BCUT2D eigenvalue weighted by molar-refractivity contribution is 7.98. The second-order valence-electron chi connectivity index (χ2n) is 7.26. The van der Waals surface area contributed by atoms with Crippen LogP contribution in [0.15, 0.2) is 52.2 Å². The molecule has 4 rings (SSSR count). The van der Waals surface area contributed by atoms with Crippen molar-refractivity contribution in [2.24, 2.45) is 0 Å². The Morgan fingerprint density at radius 2 is 1.90 bits per heavy atom. The lowest BCUT2D eigenvalue weighted by atomic mass is 10.1. The number of hydrogen-bond donors (Lipinski definition) is 2. The third kappa shape index (κ3) is 4.55. The fourth-order valence-electron chi connectivity index (χ4n) is 3.29. The number of hydrogen-bond acceptors (Lipinski definition) is 5. The average molecular weight is 454 g/mol. The molecule has 0 saturated carbocycles. The fourth-order valence-corrected chi connectivity index (χ4v) is 5.15. The molecule has 0 saturated heterocycles. The van der Waals surface area contributed by atoms with Gasteiger partial charge < -0.3 is 10.3 Å². The van der Waals surface area contributed by atoms with Gasteiger partial charge in [-0.25, -0.2) is 9.37 Å². The number of rotatable bonds is 5. The van der Waals surface area contributed by atoms with Crippen LogP contribution in [0.25, 0.3) is 10.2 Å². The number of thioether (sulfide) groups is 1. The van der Waals surface area contributed by atoms with Crippen LogP contribution in [0.3, 0.4) is 0 Å². The van der Waals surface area contributed by atoms with Crippen LogP contribution in [0, 0.1) is 26.6 Å². The van der Waals surface area contributed by atoms with Gasteiger partial charge in [-0.3, -0.25) is 9.59 Å². The third-order valence-corrected chi connectivity index (χ3v) is 7.08. The quantitative estimate of drug-likeness (QED) is 0.386. The highest BCUT2D eigenvalue weighted by Crippen LogP contribution is 2.29. The van der Waals surface area contributed by atoms with Crippen molar-refractivity contribution in [1.29, 1.82) is 0 Å². The monoisotopic (exact) mass is 453 g/mol. The van der Waals surface area contributed by atoms with Gasteiger partial charge >= 0.3 is 0 Å². The van der Waals surface area contributed by atoms with E-state index in [1.54, 1.807) is 19.1 Å². The molecule has 0 aliphatic heterocycles. The zero-order valence-electron chi connectivity index (χ0n) is 17.2. The van der Waals surface area contributed by atoms with E-state index < -0.39 is 0 Å². The number of nitrogens with zero attached hydrogens (tertiary/aromatic N) is 1. The number of carbonyl (C=O) groups excluding carboxylic acids is 1. The number of carbonyl (C=O) groups is 1. The Hall–Kier alpha value is -2.97. The van der Waals surface area contributed by atoms with Crippen molar-refractivity contribution in [3.63, 3.8) is 0 Å². The van der Waals surface area contributed by atoms with Crippen LogP contribution in [0.1, 0.15) is 32.2 Å². The standard InChI is InChI=1S/C23H20FN3O2S2/c1-12-4-9-17(13(2)10-12)25-22(29)20-14(3)19-21(28)26-18(27-23(19)31-20)11-30-16-7-5-15(24)6-8-16/h4-10H,11H2,1-3H3,(H,25,29)(H,26,27,28). The van der Waals surface area contributed by atoms with Crippen molar-refractivity contribution in [3.05, 3.63) is 86.0 Å². The summed E-state index contributed by atoms with van der Waals surface area (Å²) < 4.78 is 13.1. The molecule has 0 bridgehead atoms. The van der Waals surface area contributed by atoms with Gasteiger partial charge in [0.2, 0.25) is 0 Å². The van der Waals surface area contributed by atoms with Gasteiger partial charge in [-0.2, -0.15) is 0 Å². The first-order valence-corrected chi connectivity index (χ1v) is 11.4. The lowest BCUT2D eigenvalue weighted by Crippen LogP contribution is -2.13. The number of nitrogens with one attached hydrogen (secondary N) is 2. The summed E-state index contributed by atoms with van der Waals surface area (Å²) in [5.74, 6) is 0.388. The van der Waals surface area contributed by atoms with Crippen LogP contribution in [-0.2, 0) is 5.75 Å². The van der Waals surface area contributed by atoms with Gasteiger partial charge in [0.15, 0.2) is 0 Å². The molecule has 5 nitrogen and oxygen atoms in total. The molecule has 158 valence electrons. The number of fused-ring (bicyclic) bond motifs is 1. The zero-order valence-corrected chi connectivity index (χ0v) is 18.8. The van der Waals surface area contributed by atoms with Crippen molar-refractivity contribution >= 4 is 44.9 Å². The Labute approximate surface area is 186 Å². The van der Waals surface area contributed by atoms with Gasteiger partial charge in [0.05, 0.1) is 16.0 Å². The molecule has 0 fully saturated rings. The highest BCUT2D eigenvalue weighted by Gasteiger charge is 2.20. The number of thiophene rings is 1. The molecule has 8 heteroatoms. The molecular weight excluding hydrogens is 433 g/mol. The molecule has 0 radical (unpaired) electrons. The number of halogens is 1. The molecule has 0 spiro atoms. The summed E-state index contributed by atoms with van der Waals surface area (Å²) in [7, 11) is 0. The maximum Gasteiger partial charge on any atom is 0.266 e. The lowest BCUT2D eigenvalue weighted by Gasteiger charge is -2.08. The van der Waals surface area contributed by atoms with Crippen LogP contribution < -0.4 is 10.9 Å². The van der Waals surface area contributed by atoms with Crippen molar-refractivity contribution in [1.82, 2.24) is 9.97 Å². The molecule has 0 unspecified atom stereocenters. The first-order valence-electron chi connectivity index (χ1n) is 9.61. The maximum atomic E-state index is 13.1. The van der Waals surface area contributed by atoms with E-state index in [1.807, 2.05) is 32.0 Å². The molecule has 2 N–H and O–H groups in total. The predicted octanol–water partition coefficient (Wildman–Crippen LogP) is 5.59. The minimum atomic E-state index is -0.294. The molecular formula is C23H20FN3O2S2. The topological polar surface area (TPSA) is 74.8 Å². The largest absolute Gasteiger partial charge is 0.321 e. The predicted molar refractivity (Wildman–Crippen MR) is 125 cm³/mol.